The van der Waals surface area contributed by atoms with Gasteiger partial charge in [0.2, 0.25) is 0 Å². The summed E-state index contributed by atoms with van der Waals surface area (Å²) in [6.07, 6.45) is 4.86. The van der Waals surface area contributed by atoms with Crippen LogP contribution in [0.2, 0.25) is 0 Å². The fourth-order valence-corrected chi connectivity index (χ4v) is 2.41. The molecule has 1 aliphatic carbocycles. The number of aliphatic hydroxyl groups is 1. The summed E-state index contributed by atoms with van der Waals surface area (Å²) in [6, 6.07) is 0. The highest BCUT2D eigenvalue weighted by Gasteiger charge is 2.44. The summed E-state index contributed by atoms with van der Waals surface area (Å²) in [4.78, 5) is 0. The van der Waals surface area contributed by atoms with Crippen molar-refractivity contribution in [2.45, 2.75) is 45.1 Å². The summed E-state index contributed by atoms with van der Waals surface area (Å²) in [6.45, 7) is 4.76. The molecule has 0 spiro atoms. The first-order valence-corrected chi connectivity index (χ1v) is 4.88. The van der Waals surface area contributed by atoms with Crippen LogP contribution in [0.25, 0.3) is 0 Å². The van der Waals surface area contributed by atoms with Gasteiger partial charge in [-0.3, -0.25) is 0 Å². The van der Waals surface area contributed by atoms with Crippen molar-refractivity contribution in [2.24, 2.45) is 5.41 Å². The first-order chi connectivity index (χ1) is 5.58. The van der Waals surface area contributed by atoms with Gasteiger partial charge in [0.05, 0.1) is 6.61 Å². The van der Waals surface area contributed by atoms with Crippen LogP contribution < -0.4 is 5.32 Å². The second-order valence-corrected chi connectivity index (χ2v) is 4.58. The molecule has 0 aliphatic heterocycles. The van der Waals surface area contributed by atoms with E-state index in [1.54, 1.807) is 0 Å². The van der Waals surface area contributed by atoms with Crippen LogP contribution in [-0.4, -0.2) is 24.3 Å². The number of aliphatic hydroxyl groups excluding tert-OH is 1. The summed E-state index contributed by atoms with van der Waals surface area (Å²) < 4.78 is 0. The molecule has 0 aromatic rings. The monoisotopic (exact) mass is 171 g/mol. The lowest BCUT2D eigenvalue weighted by molar-refractivity contribution is 0.0167. The highest BCUT2D eigenvalue weighted by molar-refractivity contribution is 5.01. The van der Waals surface area contributed by atoms with Gasteiger partial charge < -0.3 is 10.4 Å². The van der Waals surface area contributed by atoms with Crippen LogP contribution in [0.1, 0.15) is 39.5 Å². The predicted molar refractivity (Wildman–Crippen MR) is 51.1 cm³/mol. The molecule has 1 aliphatic rings. The van der Waals surface area contributed by atoms with Crippen LogP contribution in [0.3, 0.4) is 0 Å². The summed E-state index contributed by atoms with van der Waals surface area (Å²) in [5, 5.41) is 12.7. The van der Waals surface area contributed by atoms with Gasteiger partial charge >= 0.3 is 0 Å². The summed E-state index contributed by atoms with van der Waals surface area (Å²) in [7, 11) is 1.96. The average Bonchev–Trinajstić information content (AvgIpc) is 2.05. The first-order valence-electron chi connectivity index (χ1n) is 4.88. The Morgan fingerprint density at radius 3 is 2.17 bits per heavy atom. The summed E-state index contributed by atoms with van der Waals surface area (Å²) in [5.74, 6) is 0. The third-order valence-corrected chi connectivity index (χ3v) is 3.70. The molecule has 0 bridgehead atoms. The fraction of sp³-hybridized carbons (Fsp3) is 1.00. The number of nitrogens with one attached hydrogen (secondary N) is 1. The van der Waals surface area contributed by atoms with Gasteiger partial charge in [-0.1, -0.05) is 26.7 Å². The van der Waals surface area contributed by atoms with Crippen molar-refractivity contribution >= 4 is 0 Å². The van der Waals surface area contributed by atoms with E-state index >= 15 is 0 Å². The lowest BCUT2D eigenvalue weighted by Gasteiger charge is -2.49. The van der Waals surface area contributed by atoms with Crippen LogP contribution >= 0.6 is 0 Å². The van der Waals surface area contributed by atoms with Crippen LogP contribution in [0.4, 0.5) is 0 Å². The third kappa shape index (κ3) is 1.38. The lowest BCUT2D eigenvalue weighted by Crippen LogP contribution is -2.59. The Balaban J connectivity index is 2.81. The first kappa shape index (κ1) is 10.0. The minimum absolute atomic E-state index is 0.0365. The molecular formula is C10H21NO. The minimum atomic E-state index is -0.0365. The standard InChI is InChI=1S/C10H21NO/c1-9(2)6-4-5-7-10(9,8-12)11-3/h11-12H,4-8H2,1-3H3. The molecule has 1 unspecified atom stereocenters. The summed E-state index contributed by atoms with van der Waals surface area (Å²) in [5.41, 5.74) is 0.194. The second-order valence-electron chi connectivity index (χ2n) is 4.58. The van der Waals surface area contributed by atoms with Gasteiger partial charge in [-0.15, -0.1) is 0 Å². The maximum absolute atomic E-state index is 9.41. The molecule has 2 heteroatoms. The Morgan fingerprint density at radius 1 is 1.25 bits per heavy atom. The Kier molecular flexibility index (Phi) is 2.79. The molecule has 0 saturated heterocycles. The zero-order valence-electron chi connectivity index (χ0n) is 8.48. The van der Waals surface area contributed by atoms with E-state index in [4.69, 9.17) is 0 Å². The minimum Gasteiger partial charge on any atom is -0.394 e. The molecular weight excluding hydrogens is 150 g/mol. The average molecular weight is 171 g/mol. The van der Waals surface area contributed by atoms with Crippen molar-refractivity contribution < 1.29 is 5.11 Å². The van der Waals surface area contributed by atoms with Crippen LogP contribution in [0, 0.1) is 5.41 Å². The van der Waals surface area contributed by atoms with Crippen LogP contribution in [-0.2, 0) is 0 Å². The maximum atomic E-state index is 9.41. The predicted octanol–water partition coefficient (Wildman–Crippen LogP) is 1.54. The molecule has 1 rings (SSSR count). The normalized spacial score (nSPS) is 35.0. The van der Waals surface area contributed by atoms with E-state index in [1.165, 1.54) is 19.3 Å². The number of hydrogen-bond acceptors (Lipinski definition) is 2. The van der Waals surface area contributed by atoms with Crippen LogP contribution in [0.15, 0.2) is 0 Å². The van der Waals surface area contributed by atoms with Crippen molar-refractivity contribution in [3.8, 4) is 0 Å². The topological polar surface area (TPSA) is 32.3 Å². The molecule has 1 atom stereocenters. The molecule has 2 nitrogen and oxygen atoms in total. The highest BCUT2D eigenvalue weighted by atomic mass is 16.3. The van der Waals surface area contributed by atoms with Crippen molar-refractivity contribution in [1.82, 2.24) is 5.32 Å². The van der Waals surface area contributed by atoms with Gasteiger partial charge in [0.25, 0.3) is 0 Å². The smallest absolute Gasteiger partial charge is 0.0618 e. The van der Waals surface area contributed by atoms with E-state index in [0.29, 0.717) is 0 Å². The Morgan fingerprint density at radius 2 is 1.83 bits per heavy atom. The van der Waals surface area contributed by atoms with Crippen molar-refractivity contribution in [3.63, 3.8) is 0 Å². The van der Waals surface area contributed by atoms with E-state index in [1.807, 2.05) is 7.05 Å². The third-order valence-electron chi connectivity index (χ3n) is 3.70. The Labute approximate surface area is 75.4 Å². The molecule has 0 aromatic heterocycles. The van der Waals surface area contributed by atoms with E-state index in [2.05, 4.69) is 19.2 Å². The zero-order chi connectivity index (χ0) is 9.24. The maximum Gasteiger partial charge on any atom is 0.0618 e. The quantitative estimate of drug-likeness (QED) is 0.660. The number of rotatable bonds is 2. The Hall–Kier alpha value is -0.0800. The van der Waals surface area contributed by atoms with Gasteiger partial charge in [-0.05, 0) is 25.3 Å². The van der Waals surface area contributed by atoms with Crippen LogP contribution in [0.5, 0.6) is 0 Å². The van der Waals surface area contributed by atoms with E-state index < -0.39 is 0 Å². The molecule has 2 N–H and O–H groups in total. The van der Waals surface area contributed by atoms with Crippen molar-refractivity contribution in [1.29, 1.82) is 0 Å². The molecule has 0 amide bonds. The van der Waals surface area contributed by atoms with Gasteiger partial charge in [0.15, 0.2) is 0 Å². The largest absolute Gasteiger partial charge is 0.394 e. The molecule has 72 valence electrons. The highest BCUT2D eigenvalue weighted by Crippen LogP contribution is 2.43. The molecule has 0 radical (unpaired) electrons. The molecule has 0 heterocycles. The zero-order valence-corrected chi connectivity index (χ0v) is 8.48. The number of hydrogen-bond donors (Lipinski definition) is 2. The summed E-state index contributed by atoms with van der Waals surface area (Å²) >= 11 is 0. The van der Waals surface area contributed by atoms with E-state index in [0.717, 1.165) is 6.42 Å². The number of likely N-dealkylation sites (N-methyl/N-ethyl adjacent to an activating group) is 1. The lowest BCUT2D eigenvalue weighted by atomic mass is 9.63. The van der Waals surface area contributed by atoms with E-state index in [-0.39, 0.29) is 17.6 Å². The van der Waals surface area contributed by atoms with Gasteiger partial charge in [-0.2, -0.15) is 0 Å². The molecule has 0 aromatic carbocycles. The SMILES string of the molecule is CNC1(CO)CCCCC1(C)C. The molecule has 1 saturated carbocycles. The molecule has 12 heavy (non-hydrogen) atoms. The Bertz CT molecular complexity index is 150. The van der Waals surface area contributed by atoms with E-state index in [9.17, 15) is 5.11 Å². The second kappa shape index (κ2) is 3.35. The van der Waals surface area contributed by atoms with Gasteiger partial charge in [0, 0.05) is 5.54 Å². The van der Waals surface area contributed by atoms with Gasteiger partial charge in [-0.25, -0.2) is 0 Å². The van der Waals surface area contributed by atoms with Gasteiger partial charge in [0.1, 0.15) is 0 Å². The molecule has 1 fully saturated rings. The van der Waals surface area contributed by atoms with Crippen molar-refractivity contribution in [3.05, 3.63) is 0 Å². The fourth-order valence-electron chi connectivity index (χ4n) is 2.41. The van der Waals surface area contributed by atoms with Crippen molar-refractivity contribution in [2.75, 3.05) is 13.7 Å².